The Labute approximate surface area is 93.0 Å². The lowest BCUT2D eigenvalue weighted by Crippen LogP contribution is -2.35. The van der Waals surface area contributed by atoms with E-state index in [9.17, 15) is 9.59 Å². The molecule has 0 bridgehead atoms. The summed E-state index contributed by atoms with van der Waals surface area (Å²) >= 11 is 0. The van der Waals surface area contributed by atoms with Gasteiger partial charge in [0, 0.05) is 0 Å². The molecule has 0 aromatic heterocycles. The van der Waals surface area contributed by atoms with Crippen LogP contribution >= 0.6 is 0 Å². The number of benzene rings is 1. The zero-order valence-electron chi connectivity index (χ0n) is 9.19. The van der Waals surface area contributed by atoms with Crippen LogP contribution in [-0.2, 0) is 0 Å². The normalized spacial score (nSPS) is 10.9. The Morgan fingerprint density at radius 3 is 2.19 bits per heavy atom. The Kier molecular flexibility index (Phi) is 2.60. The van der Waals surface area contributed by atoms with Crippen molar-refractivity contribution >= 4 is 0 Å². The maximum atomic E-state index is 11.5. The Balaban J connectivity index is 2.47. The second-order valence-electron chi connectivity index (χ2n) is 3.90. The van der Waals surface area contributed by atoms with E-state index in [0.717, 1.165) is 5.56 Å². The van der Waals surface area contributed by atoms with Crippen LogP contribution in [0.4, 0.5) is 0 Å². The standard InChI is InChI=1S/C13H12O3/c1-8(2)16-13-10(11(14)12(13)15)9-6-4-3-5-7-9/h3-8H,1-2H3. The topological polar surface area (TPSA) is 43.4 Å². The molecule has 0 aliphatic carbocycles. The molecule has 0 fully saturated rings. The lowest BCUT2D eigenvalue weighted by Gasteiger charge is -2.14. The van der Waals surface area contributed by atoms with Gasteiger partial charge >= 0.3 is 0 Å². The second-order valence-corrected chi connectivity index (χ2v) is 3.90. The Morgan fingerprint density at radius 1 is 1.00 bits per heavy atom. The van der Waals surface area contributed by atoms with Crippen LogP contribution < -0.4 is 15.6 Å². The van der Waals surface area contributed by atoms with Crippen LogP contribution in [-0.4, -0.2) is 6.10 Å². The summed E-state index contributed by atoms with van der Waals surface area (Å²) in [7, 11) is 0. The molecule has 0 heterocycles. The van der Waals surface area contributed by atoms with Crippen molar-refractivity contribution in [1.29, 1.82) is 0 Å². The number of ether oxygens (including phenoxy) is 1. The summed E-state index contributed by atoms with van der Waals surface area (Å²) in [6.07, 6.45) is -0.106. The SMILES string of the molecule is CC(C)Oc1c(-c2ccccc2)c(=O)c1=O. The van der Waals surface area contributed by atoms with E-state index in [2.05, 4.69) is 0 Å². The fourth-order valence-corrected chi connectivity index (χ4v) is 1.59. The molecular weight excluding hydrogens is 204 g/mol. The monoisotopic (exact) mass is 216 g/mol. The summed E-state index contributed by atoms with van der Waals surface area (Å²) in [5.74, 6) is 0.200. The first kappa shape index (κ1) is 10.6. The zero-order chi connectivity index (χ0) is 11.7. The number of rotatable bonds is 3. The number of hydrogen-bond acceptors (Lipinski definition) is 3. The second kappa shape index (κ2) is 3.93. The van der Waals surface area contributed by atoms with Crippen molar-refractivity contribution in [2.45, 2.75) is 20.0 Å². The van der Waals surface area contributed by atoms with E-state index in [-0.39, 0.29) is 11.9 Å². The third-order valence-electron chi connectivity index (χ3n) is 2.28. The molecule has 0 saturated heterocycles. The lowest BCUT2D eigenvalue weighted by molar-refractivity contribution is 0.238. The minimum absolute atomic E-state index is 0.106. The quantitative estimate of drug-likeness (QED) is 0.734. The predicted molar refractivity (Wildman–Crippen MR) is 62.6 cm³/mol. The van der Waals surface area contributed by atoms with E-state index >= 15 is 0 Å². The average molecular weight is 216 g/mol. The zero-order valence-corrected chi connectivity index (χ0v) is 9.19. The van der Waals surface area contributed by atoms with Gasteiger partial charge in [0.05, 0.1) is 11.7 Å². The van der Waals surface area contributed by atoms with Crippen LogP contribution in [0.1, 0.15) is 13.8 Å². The highest BCUT2D eigenvalue weighted by atomic mass is 16.5. The highest BCUT2D eigenvalue weighted by Gasteiger charge is 2.24. The Bertz CT molecular complexity index is 560. The van der Waals surface area contributed by atoms with Crippen molar-refractivity contribution in [3.8, 4) is 16.9 Å². The van der Waals surface area contributed by atoms with Crippen LogP contribution in [0.15, 0.2) is 39.9 Å². The van der Waals surface area contributed by atoms with Gasteiger partial charge in [0.25, 0.3) is 5.43 Å². The van der Waals surface area contributed by atoms with Crippen LogP contribution in [0.5, 0.6) is 5.75 Å². The Hall–Kier alpha value is -1.90. The van der Waals surface area contributed by atoms with Crippen LogP contribution in [0.2, 0.25) is 0 Å². The van der Waals surface area contributed by atoms with Gasteiger partial charge in [0.1, 0.15) is 0 Å². The molecule has 16 heavy (non-hydrogen) atoms. The van der Waals surface area contributed by atoms with E-state index in [1.54, 1.807) is 12.1 Å². The maximum Gasteiger partial charge on any atom is 0.268 e. The van der Waals surface area contributed by atoms with E-state index in [1.807, 2.05) is 32.0 Å². The lowest BCUT2D eigenvalue weighted by atomic mass is 10.00. The van der Waals surface area contributed by atoms with Gasteiger partial charge in [-0.05, 0) is 19.4 Å². The van der Waals surface area contributed by atoms with E-state index in [1.165, 1.54) is 0 Å². The van der Waals surface area contributed by atoms with Gasteiger partial charge in [-0.25, -0.2) is 0 Å². The Morgan fingerprint density at radius 2 is 1.62 bits per heavy atom. The van der Waals surface area contributed by atoms with E-state index < -0.39 is 10.9 Å². The molecule has 0 unspecified atom stereocenters. The summed E-state index contributed by atoms with van der Waals surface area (Å²) in [4.78, 5) is 22.8. The molecule has 3 nitrogen and oxygen atoms in total. The molecule has 2 aromatic carbocycles. The van der Waals surface area contributed by atoms with Gasteiger partial charge in [-0.1, -0.05) is 30.3 Å². The fraction of sp³-hybridized carbons (Fsp3) is 0.231. The average Bonchev–Trinajstić information content (AvgIpc) is 2.29. The molecule has 0 spiro atoms. The highest BCUT2D eigenvalue weighted by molar-refractivity contribution is 5.73. The third-order valence-corrected chi connectivity index (χ3v) is 2.28. The summed E-state index contributed by atoms with van der Waals surface area (Å²) < 4.78 is 5.35. The molecule has 0 radical (unpaired) electrons. The summed E-state index contributed by atoms with van der Waals surface area (Å²) in [6, 6.07) is 9.10. The molecule has 0 amide bonds. The molecule has 0 aliphatic rings. The summed E-state index contributed by atoms with van der Waals surface area (Å²) in [6.45, 7) is 3.65. The van der Waals surface area contributed by atoms with E-state index in [0.29, 0.717) is 5.56 Å². The van der Waals surface area contributed by atoms with Gasteiger partial charge < -0.3 is 4.74 Å². The molecular formula is C13H12O3. The van der Waals surface area contributed by atoms with Crippen molar-refractivity contribution in [2.75, 3.05) is 0 Å². The molecule has 2 aromatic rings. The molecule has 0 atom stereocenters. The smallest absolute Gasteiger partial charge is 0.268 e. The largest absolute Gasteiger partial charge is 0.486 e. The van der Waals surface area contributed by atoms with Crippen molar-refractivity contribution in [1.82, 2.24) is 0 Å². The molecule has 3 heteroatoms. The molecule has 0 N–H and O–H groups in total. The van der Waals surface area contributed by atoms with Gasteiger partial charge in [0.2, 0.25) is 5.43 Å². The first-order valence-electron chi connectivity index (χ1n) is 5.16. The third kappa shape index (κ3) is 1.65. The van der Waals surface area contributed by atoms with Crippen molar-refractivity contribution in [2.24, 2.45) is 0 Å². The molecule has 0 saturated carbocycles. The predicted octanol–water partition coefficient (Wildman–Crippen LogP) is 1.74. The first-order chi connectivity index (χ1) is 7.61. The van der Waals surface area contributed by atoms with Crippen LogP contribution in [0, 0.1) is 0 Å². The highest BCUT2D eigenvalue weighted by Crippen LogP contribution is 2.25. The molecule has 82 valence electrons. The van der Waals surface area contributed by atoms with Crippen molar-refractivity contribution < 1.29 is 4.74 Å². The minimum Gasteiger partial charge on any atom is -0.486 e. The first-order valence-corrected chi connectivity index (χ1v) is 5.16. The minimum atomic E-state index is -0.521. The summed E-state index contributed by atoms with van der Waals surface area (Å²) in [5, 5.41) is 0. The maximum absolute atomic E-state index is 11.5. The van der Waals surface area contributed by atoms with Crippen molar-refractivity contribution in [3.05, 3.63) is 50.8 Å². The van der Waals surface area contributed by atoms with Gasteiger partial charge in [-0.3, -0.25) is 9.59 Å². The van der Waals surface area contributed by atoms with Gasteiger partial charge in [-0.15, -0.1) is 0 Å². The van der Waals surface area contributed by atoms with Crippen molar-refractivity contribution in [3.63, 3.8) is 0 Å². The van der Waals surface area contributed by atoms with Crippen LogP contribution in [0.25, 0.3) is 11.1 Å². The van der Waals surface area contributed by atoms with Crippen LogP contribution in [0.3, 0.4) is 0 Å². The molecule has 2 rings (SSSR count). The fourth-order valence-electron chi connectivity index (χ4n) is 1.59. The van der Waals surface area contributed by atoms with Gasteiger partial charge in [-0.2, -0.15) is 0 Å². The van der Waals surface area contributed by atoms with Gasteiger partial charge in [0.15, 0.2) is 5.75 Å². The molecule has 0 aliphatic heterocycles. The summed E-state index contributed by atoms with van der Waals surface area (Å²) in [5.41, 5.74) is 0.163. The number of hydrogen-bond donors (Lipinski definition) is 0. The van der Waals surface area contributed by atoms with E-state index in [4.69, 9.17) is 4.74 Å².